The molecule has 39 heavy (non-hydrogen) atoms. The molecule has 2 heterocycles. The zero-order chi connectivity index (χ0) is 27.2. The van der Waals surface area contributed by atoms with Crippen LogP contribution in [0.3, 0.4) is 0 Å². The number of aromatic nitrogens is 1. The molecule has 0 spiro atoms. The van der Waals surface area contributed by atoms with Crippen LogP contribution in [0.1, 0.15) is 32.0 Å². The number of piperazine rings is 1. The highest BCUT2D eigenvalue weighted by Gasteiger charge is 2.24. The third-order valence-electron chi connectivity index (χ3n) is 6.99. The van der Waals surface area contributed by atoms with Crippen molar-refractivity contribution in [2.45, 2.75) is 19.0 Å². The second-order valence-electron chi connectivity index (χ2n) is 9.71. The Morgan fingerprint density at radius 3 is 2.21 bits per heavy atom. The molecule has 3 aromatic carbocycles. The predicted octanol–water partition coefficient (Wildman–Crippen LogP) is 3.62. The van der Waals surface area contributed by atoms with E-state index < -0.39 is 17.9 Å². The third-order valence-corrected chi connectivity index (χ3v) is 6.99. The van der Waals surface area contributed by atoms with Crippen LogP contribution in [0.5, 0.6) is 0 Å². The highest BCUT2D eigenvalue weighted by molar-refractivity contribution is 5.97. The molecule has 1 aliphatic rings. The van der Waals surface area contributed by atoms with Gasteiger partial charge in [-0.15, -0.1) is 0 Å². The van der Waals surface area contributed by atoms with Crippen LogP contribution < -0.4 is 5.32 Å². The van der Waals surface area contributed by atoms with Crippen molar-refractivity contribution >= 4 is 28.7 Å². The Labute approximate surface area is 226 Å². The molecule has 1 atom stereocenters. The lowest BCUT2D eigenvalue weighted by molar-refractivity contribution is -0.139. The number of para-hydroxylation sites is 1. The number of nitrogens with zero attached hydrogens (tertiary/aromatic N) is 3. The first-order chi connectivity index (χ1) is 19.0. The standard InChI is InChI=1S/C31H30N4O4/c36-29(33-28(31(38)39)20-22-6-2-1-3-7-22)25-12-10-23(11-13-25)21-34-16-18-35(19-17-34)30(37)27-15-14-24-8-4-5-9-26(24)32-27/h1-15,28H,16-21H2,(H,33,36)(H,38,39)/t28-/m0/s1. The molecule has 8 heteroatoms. The summed E-state index contributed by atoms with van der Waals surface area (Å²) in [4.78, 5) is 46.1. The number of fused-ring (bicyclic) bond motifs is 1. The first-order valence-corrected chi connectivity index (χ1v) is 13.0. The molecule has 198 valence electrons. The van der Waals surface area contributed by atoms with Gasteiger partial charge < -0.3 is 15.3 Å². The molecule has 2 N–H and O–H groups in total. The highest BCUT2D eigenvalue weighted by atomic mass is 16.4. The fourth-order valence-corrected chi connectivity index (χ4v) is 4.77. The predicted molar refractivity (Wildman–Crippen MR) is 148 cm³/mol. The Kier molecular flexibility index (Phi) is 7.94. The molecule has 1 aromatic heterocycles. The van der Waals surface area contributed by atoms with Gasteiger partial charge in [0, 0.05) is 50.1 Å². The van der Waals surface area contributed by atoms with Gasteiger partial charge in [-0.3, -0.25) is 14.5 Å². The summed E-state index contributed by atoms with van der Waals surface area (Å²) in [6.45, 7) is 3.41. The van der Waals surface area contributed by atoms with Gasteiger partial charge in [-0.1, -0.05) is 66.7 Å². The summed E-state index contributed by atoms with van der Waals surface area (Å²) in [6, 6.07) is 26.9. The van der Waals surface area contributed by atoms with Gasteiger partial charge in [-0.05, 0) is 35.4 Å². The monoisotopic (exact) mass is 522 g/mol. The van der Waals surface area contributed by atoms with E-state index in [-0.39, 0.29) is 12.3 Å². The maximum Gasteiger partial charge on any atom is 0.326 e. The van der Waals surface area contributed by atoms with Crippen molar-refractivity contribution in [1.82, 2.24) is 20.1 Å². The topological polar surface area (TPSA) is 103 Å². The Morgan fingerprint density at radius 1 is 0.795 bits per heavy atom. The lowest BCUT2D eigenvalue weighted by Gasteiger charge is -2.34. The second kappa shape index (κ2) is 11.9. The second-order valence-corrected chi connectivity index (χ2v) is 9.71. The molecule has 0 bridgehead atoms. The van der Waals surface area contributed by atoms with E-state index in [9.17, 15) is 19.5 Å². The molecule has 0 aliphatic carbocycles. The van der Waals surface area contributed by atoms with Gasteiger partial charge in [-0.25, -0.2) is 9.78 Å². The van der Waals surface area contributed by atoms with E-state index in [0.29, 0.717) is 30.9 Å². The van der Waals surface area contributed by atoms with Crippen molar-refractivity contribution < 1.29 is 19.5 Å². The number of amides is 2. The molecule has 2 amide bonds. The number of hydrogen-bond acceptors (Lipinski definition) is 5. The van der Waals surface area contributed by atoms with E-state index in [1.807, 2.05) is 77.7 Å². The van der Waals surface area contributed by atoms with E-state index in [4.69, 9.17) is 0 Å². The van der Waals surface area contributed by atoms with Gasteiger partial charge in [0.1, 0.15) is 11.7 Å². The minimum atomic E-state index is -1.07. The summed E-state index contributed by atoms with van der Waals surface area (Å²) in [6.07, 6.45) is 0.214. The van der Waals surface area contributed by atoms with Crippen molar-refractivity contribution in [3.63, 3.8) is 0 Å². The van der Waals surface area contributed by atoms with Crippen molar-refractivity contribution in [2.75, 3.05) is 26.2 Å². The summed E-state index contributed by atoms with van der Waals surface area (Å²) >= 11 is 0. The number of benzene rings is 3. The summed E-state index contributed by atoms with van der Waals surface area (Å²) in [7, 11) is 0. The van der Waals surface area contributed by atoms with Crippen molar-refractivity contribution in [1.29, 1.82) is 0 Å². The summed E-state index contributed by atoms with van der Waals surface area (Å²) < 4.78 is 0. The van der Waals surface area contributed by atoms with Crippen molar-refractivity contribution in [2.24, 2.45) is 0 Å². The molecule has 1 fully saturated rings. The SMILES string of the molecule is O=C(N[C@@H](Cc1ccccc1)C(=O)O)c1ccc(CN2CCN(C(=O)c3ccc4ccccc4n3)CC2)cc1. The number of hydrogen-bond donors (Lipinski definition) is 2. The number of carbonyl (C=O) groups excluding carboxylic acids is 2. The van der Waals surface area contributed by atoms with E-state index in [2.05, 4.69) is 15.2 Å². The first kappa shape index (κ1) is 26.1. The minimum absolute atomic E-state index is 0.0531. The van der Waals surface area contributed by atoms with Crippen molar-refractivity contribution in [3.8, 4) is 0 Å². The highest BCUT2D eigenvalue weighted by Crippen LogP contribution is 2.16. The summed E-state index contributed by atoms with van der Waals surface area (Å²) in [5, 5.41) is 13.2. The number of aliphatic carboxylic acids is 1. The Morgan fingerprint density at radius 2 is 1.49 bits per heavy atom. The van der Waals surface area contributed by atoms with Gasteiger partial charge >= 0.3 is 5.97 Å². The molecular weight excluding hydrogens is 492 g/mol. The van der Waals surface area contributed by atoms with Crippen LogP contribution in [0.2, 0.25) is 0 Å². The molecule has 8 nitrogen and oxygen atoms in total. The normalized spacial score (nSPS) is 14.6. The van der Waals surface area contributed by atoms with Crippen molar-refractivity contribution in [3.05, 3.63) is 113 Å². The van der Waals surface area contributed by atoms with Crippen LogP contribution in [0.25, 0.3) is 10.9 Å². The molecule has 1 aliphatic heterocycles. The maximum absolute atomic E-state index is 13.0. The van der Waals surface area contributed by atoms with E-state index in [1.165, 1.54) is 0 Å². The van der Waals surface area contributed by atoms with Gasteiger partial charge in [0.15, 0.2) is 0 Å². The Hall–Kier alpha value is -4.56. The van der Waals surface area contributed by atoms with E-state index in [0.717, 1.165) is 35.1 Å². The lowest BCUT2D eigenvalue weighted by Crippen LogP contribution is -2.48. The minimum Gasteiger partial charge on any atom is -0.480 e. The summed E-state index contributed by atoms with van der Waals surface area (Å²) in [5.41, 5.74) is 3.58. The molecule has 4 aromatic rings. The molecule has 5 rings (SSSR count). The maximum atomic E-state index is 13.0. The number of carbonyl (C=O) groups is 3. The van der Waals surface area contributed by atoms with Gasteiger partial charge in [0.2, 0.25) is 0 Å². The quantitative estimate of drug-likeness (QED) is 0.367. The van der Waals surface area contributed by atoms with Gasteiger partial charge in [0.05, 0.1) is 5.52 Å². The number of nitrogens with one attached hydrogen (secondary N) is 1. The average Bonchev–Trinajstić information content (AvgIpc) is 2.97. The van der Waals surface area contributed by atoms with Crippen LogP contribution in [-0.2, 0) is 17.8 Å². The van der Waals surface area contributed by atoms with Crippen LogP contribution in [0, 0.1) is 0 Å². The number of carboxylic acid groups (broad SMARTS) is 1. The fraction of sp³-hybridized carbons (Fsp3) is 0.226. The lowest BCUT2D eigenvalue weighted by atomic mass is 10.0. The van der Waals surface area contributed by atoms with Gasteiger partial charge in [0.25, 0.3) is 11.8 Å². The fourth-order valence-electron chi connectivity index (χ4n) is 4.77. The Bertz CT molecular complexity index is 1470. The molecule has 0 saturated carbocycles. The Balaban J connectivity index is 1.13. The third kappa shape index (κ3) is 6.48. The van der Waals surface area contributed by atoms with Crippen LogP contribution in [0.15, 0.2) is 91.0 Å². The molecule has 0 unspecified atom stereocenters. The van der Waals surface area contributed by atoms with Crippen LogP contribution in [0.4, 0.5) is 0 Å². The smallest absolute Gasteiger partial charge is 0.326 e. The average molecular weight is 523 g/mol. The number of carboxylic acids is 1. The van der Waals surface area contributed by atoms with Crippen LogP contribution in [-0.4, -0.2) is 69.9 Å². The zero-order valence-electron chi connectivity index (χ0n) is 21.5. The molecule has 0 radical (unpaired) electrons. The zero-order valence-corrected chi connectivity index (χ0v) is 21.5. The molecular formula is C31H30N4O4. The summed E-state index contributed by atoms with van der Waals surface area (Å²) in [5.74, 6) is -1.54. The largest absolute Gasteiger partial charge is 0.480 e. The van der Waals surface area contributed by atoms with E-state index >= 15 is 0 Å². The van der Waals surface area contributed by atoms with Crippen LogP contribution >= 0.6 is 0 Å². The number of rotatable bonds is 8. The number of pyridine rings is 1. The molecule has 1 saturated heterocycles. The van der Waals surface area contributed by atoms with Gasteiger partial charge in [-0.2, -0.15) is 0 Å². The first-order valence-electron chi connectivity index (χ1n) is 13.0. The van der Waals surface area contributed by atoms with E-state index in [1.54, 1.807) is 18.2 Å².